The summed E-state index contributed by atoms with van der Waals surface area (Å²) in [6.45, 7) is 2.95. The Morgan fingerprint density at radius 3 is 2.47 bits per heavy atom. The van der Waals surface area contributed by atoms with Gasteiger partial charge in [0.1, 0.15) is 0 Å². The molecule has 0 fully saturated rings. The SMILES string of the molecule is CC(C)N1Cc2c(cc(CO)cc2C(F)(F)F)C1=O. The molecule has 0 bridgehead atoms. The van der Waals surface area contributed by atoms with Crippen LogP contribution in [0.25, 0.3) is 0 Å². The summed E-state index contributed by atoms with van der Waals surface area (Å²) < 4.78 is 39.0. The Balaban J connectivity index is 2.60. The first-order chi connectivity index (χ1) is 8.75. The quantitative estimate of drug-likeness (QED) is 0.899. The number of nitrogens with zero attached hydrogens (tertiary/aromatic N) is 1. The van der Waals surface area contributed by atoms with Crippen LogP contribution < -0.4 is 0 Å². The number of hydrogen-bond acceptors (Lipinski definition) is 2. The largest absolute Gasteiger partial charge is 0.416 e. The van der Waals surface area contributed by atoms with Crippen molar-refractivity contribution >= 4 is 5.91 Å². The average Bonchev–Trinajstić information content (AvgIpc) is 2.64. The fourth-order valence-corrected chi connectivity index (χ4v) is 2.25. The van der Waals surface area contributed by atoms with E-state index in [2.05, 4.69) is 0 Å². The van der Waals surface area contributed by atoms with E-state index < -0.39 is 24.3 Å². The third kappa shape index (κ3) is 2.32. The lowest BCUT2D eigenvalue weighted by Crippen LogP contribution is -2.30. The third-order valence-corrected chi connectivity index (χ3v) is 3.24. The van der Waals surface area contributed by atoms with E-state index in [9.17, 15) is 18.0 Å². The molecule has 1 heterocycles. The van der Waals surface area contributed by atoms with E-state index in [0.717, 1.165) is 6.07 Å². The summed E-state index contributed by atoms with van der Waals surface area (Å²) in [4.78, 5) is 13.5. The fraction of sp³-hybridized carbons (Fsp3) is 0.462. The fourth-order valence-electron chi connectivity index (χ4n) is 2.25. The number of aliphatic hydroxyl groups is 1. The van der Waals surface area contributed by atoms with Crippen molar-refractivity contribution in [1.29, 1.82) is 0 Å². The van der Waals surface area contributed by atoms with E-state index in [1.807, 2.05) is 0 Å². The predicted octanol–water partition coefficient (Wildman–Crippen LogP) is 2.56. The first-order valence-corrected chi connectivity index (χ1v) is 5.90. The second-order valence-corrected chi connectivity index (χ2v) is 4.85. The van der Waals surface area contributed by atoms with Crippen molar-refractivity contribution in [2.75, 3.05) is 0 Å². The van der Waals surface area contributed by atoms with Crippen LogP contribution in [-0.4, -0.2) is 22.0 Å². The molecule has 1 aliphatic rings. The van der Waals surface area contributed by atoms with Crippen LogP contribution >= 0.6 is 0 Å². The van der Waals surface area contributed by atoms with Crippen molar-refractivity contribution in [1.82, 2.24) is 4.90 Å². The molecule has 0 spiro atoms. The van der Waals surface area contributed by atoms with Crippen LogP contribution in [0.1, 0.15) is 40.9 Å². The van der Waals surface area contributed by atoms with Gasteiger partial charge in [0.2, 0.25) is 0 Å². The molecule has 2 rings (SSSR count). The molecule has 1 aromatic rings. The zero-order valence-corrected chi connectivity index (χ0v) is 10.6. The van der Waals surface area contributed by atoms with Gasteiger partial charge >= 0.3 is 6.18 Å². The van der Waals surface area contributed by atoms with Gasteiger partial charge in [-0.2, -0.15) is 13.2 Å². The maximum atomic E-state index is 13.0. The molecule has 0 aliphatic carbocycles. The Hall–Kier alpha value is -1.56. The van der Waals surface area contributed by atoms with Gasteiger partial charge in [0.25, 0.3) is 5.91 Å². The lowest BCUT2D eigenvalue weighted by Gasteiger charge is -2.20. The summed E-state index contributed by atoms with van der Waals surface area (Å²) >= 11 is 0. The molecule has 0 saturated carbocycles. The minimum atomic E-state index is -4.53. The van der Waals surface area contributed by atoms with Gasteiger partial charge < -0.3 is 10.0 Å². The van der Waals surface area contributed by atoms with Gasteiger partial charge in [-0.15, -0.1) is 0 Å². The zero-order valence-electron chi connectivity index (χ0n) is 10.6. The minimum absolute atomic E-state index is 0.00315. The van der Waals surface area contributed by atoms with Crippen molar-refractivity contribution in [3.05, 3.63) is 34.4 Å². The Morgan fingerprint density at radius 2 is 2.00 bits per heavy atom. The molecular weight excluding hydrogens is 259 g/mol. The molecule has 1 aromatic carbocycles. The Labute approximate surface area is 108 Å². The van der Waals surface area contributed by atoms with Crippen LogP contribution in [0, 0.1) is 0 Å². The van der Waals surface area contributed by atoms with Crippen LogP contribution in [0.5, 0.6) is 0 Å². The van der Waals surface area contributed by atoms with Crippen LogP contribution in [-0.2, 0) is 19.3 Å². The summed E-state index contributed by atoms with van der Waals surface area (Å²) in [5.41, 5.74) is -0.674. The molecule has 0 aromatic heterocycles. The lowest BCUT2D eigenvalue weighted by molar-refractivity contribution is -0.138. The number of benzene rings is 1. The monoisotopic (exact) mass is 273 g/mol. The van der Waals surface area contributed by atoms with Gasteiger partial charge in [0, 0.05) is 18.2 Å². The van der Waals surface area contributed by atoms with Gasteiger partial charge in [0.05, 0.1) is 12.2 Å². The number of alkyl halides is 3. The predicted molar refractivity (Wildman–Crippen MR) is 62.4 cm³/mol. The Kier molecular flexibility index (Phi) is 3.30. The highest BCUT2D eigenvalue weighted by atomic mass is 19.4. The molecule has 6 heteroatoms. The lowest BCUT2D eigenvalue weighted by atomic mass is 9.99. The highest BCUT2D eigenvalue weighted by Gasteiger charge is 2.40. The summed E-state index contributed by atoms with van der Waals surface area (Å²) in [5.74, 6) is -0.411. The zero-order chi connectivity index (χ0) is 14.4. The van der Waals surface area contributed by atoms with Crippen molar-refractivity contribution < 1.29 is 23.1 Å². The molecule has 3 nitrogen and oxygen atoms in total. The van der Waals surface area contributed by atoms with E-state index in [4.69, 9.17) is 5.11 Å². The van der Waals surface area contributed by atoms with Crippen molar-refractivity contribution in [3.63, 3.8) is 0 Å². The standard InChI is InChI=1S/C13H14F3NO2/c1-7(2)17-5-10-9(12(17)19)3-8(6-18)4-11(10)13(14,15)16/h3-4,7,18H,5-6H2,1-2H3. The van der Waals surface area contributed by atoms with E-state index in [1.54, 1.807) is 13.8 Å². The molecule has 1 aliphatic heterocycles. The highest BCUT2D eigenvalue weighted by molar-refractivity contribution is 5.99. The Bertz CT molecular complexity index is 523. The van der Waals surface area contributed by atoms with Crippen LogP contribution in [0.4, 0.5) is 13.2 Å². The first-order valence-electron chi connectivity index (χ1n) is 5.90. The summed E-state index contributed by atoms with van der Waals surface area (Å²) in [6, 6.07) is 2.09. The summed E-state index contributed by atoms with van der Waals surface area (Å²) in [5, 5.41) is 9.03. The Morgan fingerprint density at radius 1 is 1.37 bits per heavy atom. The van der Waals surface area contributed by atoms with Gasteiger partial charge in [-0.05, 0) is 37.1 Å². The summed E-state index contributed by atoms with van der Waals surface area (Å²) in [7, 11) is 0. The number of carbonyl (C=O) groups is 1. The first kappa shape index (κ1) is 13.9. The maximum absolute atomic E-state index is 13.0. The van der Waals surface area contributed by atoms with Crippen molar-refractivity contribution in [2.45, 2.75) is 39.2 Å². The molecule has 0 unspecified atom stereocenters. The number of hydrogen-bond donors (Lipinski definition) is 1. The van der Waals surface area contributed by atoms with Crippen molar-refractivity contribution in [2.24, 2.45) is 0 Å². The number of carbonyl (C=O) groups excluding carboxylic acids is 1. The normalized spacial score (nSPS) is 15.3. The molecule has 0 saturated heterocycles. The molecular formula is C13H14F3NO2. The topological polar surface area (TPSA) is 40.5 Å². The van der Waals surface area contributed by atoms with Crippen LogP contribution in [0.2, 0.25) is 0 Å². The second-order valence-electron chi connectivity index (χ2n) is 4.85. The van der Waals surface area contributed by atoms with Crippen LogP contribution in [0.3, 0.4) is 0 Å². The number of fused-ring (bicyclic) bond motifs is 1. The maximum Gasteiger partial charge on any atom is 0.416 e. The number of rotatable bonds is 2. The molecule has 104 valence electrons. The second kappa shape index (κ2) is 4.52. The third-order valence-electron chi connectivity index (χ3n) is 3.24. The van der Waals surface area contributed by atoms with Gasteiger partial charge in [0.15, 0.2) is 0 Å². The molecule has 0 atom stereocenters. The smallest absolute Gasteiger partial charge is 0.392 e. The number of amides is 1. The van der Waals surface area contributed by atoms with E-state index in [1.165, 1.54) is 11.0 Å². The minimum Gasteiger partial charge on any atom is -0.392 e. The van der Waals surface area contributed by atoms with E-state index in [-0.39, 0.29) is 29.3 Å². The van der Waals surface area contributed by atoms with E-state index >= 15 is 0 Å². The molecule has 0 radical (unpaired) electrons. The summed E-state index contributed by atoms with van der Waals surface area (Å²) in [6.07, 6.45) is -4.53. The average molecular weight is 273 g/mol. The van der Waals surface area contributed by atoms with Gasteiger partial charge in [-0.25, -0.2) is 0 Å². The molecule has 1 N–H and O–H groups in total. The number of aliphatic hydroxyl groups excluding tert-OH is 1. The van der Waals surface area contributed by atoms with Crippen LogP contribution in [0.15, 0.2) is 12.1 Å². The highest BCUT2D eigenvalue weighted by Crippen LogP contribution is 2.38. The molecule has 19 heavy (non-hydrogen) atoms. The molecule has 1 amide bonds. The van der Waals surface area contributed by atoms with Crippen molar-refractivity contribution in [3.8, 4) is 0 Å². The van der Waals surface area contributed by atoms with Gasteiger partial charge in [-0.1, -0.05) is 0 Å². The van der Waals surface area contributed by atoms with E-state index in [0.29, 0.717) is 0 Å². The van der Waals surface area contributed by atoms with Gasteiger partial charge in [-0.3, -0.25) is 4.79 Å². The number of halogens is 3.